The molecule has 2 aliphatic rings. The van der Waals surface area contributed by atoms with Crippen LogP contribution >= 0.6 is 0 Å². The second-order valence-electron chi connectivity index (χ2n) is 5.12. The van der Waals surface area contributed by atoms with Gasteiger partial charge in [0, 0.05) is 19.1 Å². The molecular formula is C12H21NO3. The lowest BCUT2D eigenvalue weighted by Gasteiger charge is -2.40. The second kappa shape index (κ2) is 5.15. The molecule has 4 heteroatoms. The summed E-state index contributed by atoms with van der Waals surface area (Å²) in [5, 5.41) is 8.95. The van der Waals surface area contributed by atoms with Crippen LogP contribution in [0, 0.1) is 5.92 Å². The second-order valence-corrected chi connectivity index (χ2v) is 5.12. The van der Waals surface area contributed by atoms with Gasteiger partial charge in [-0.25, -0.2) is 4.79 Å². The number of nitrogens with zero attached hydrogens (tertiary/aromatic N) is 1. The molecule has 4 nitrogen and oxygen atoms in total. The van der Waals surface area contributed by atoms with Gasteiger partial charge in [-0.05, 0) is 18.8 Å². The van der Waals surface area contributed by atoms with Crippen molar-refractivity contribution in [3.63, 3.8) is 0 Å². The average molecular weight is 227 g/mol. The molecule has 3 unspecified atom stereocenters. The van der Waals surface area contributed by atoms with Crippen molar-refractivity contribution in [3.05, 3.63) is 0 Å². The first-order chi connectivity index (χ1) is 7.66. The van der Waals surface area contributed by atoms with Crippen molar-refractivity contribution >= 4 is 5.97 Å². The van der Waals surface area contributed by atoms with Gasteiger partial charge in [-0.2, -0.15) is 0 Å². The van der Waals surface area contributed by atoms with Crippen LogP contribution in [0.1, 0.15) is 32.6 Å². The van der Waals surface area contributed by atoms with Crippen molar-refractivity contribution in [2.75, 3.05) is 19.7 Å². The van der Waals surface area contributed by atoms with Gasteiger partial charge in [-0.1, -0.05) is 19.8 Å². The molecule has 1 N–H and O–H groups in total. The number of carboxylic acid groups (broad SMARTS) is 1. The van der Waals surface area contributed by atoms with Crippen LogP contribution in [0.15, 0.2) is 0 Å². The summed E-state index contributed by atoms with van der Waals surface area (Å²) in [5.74, 6) is -0.0431. The van der Waals surface area contributed by atoms with Crippen LogP contribution in [-0.4, -0.2) is 47.8 Å². The Hall–Kier alpha value is -0.610. The largest absolute Gasteiger partial charge is 0.479 e. The number of rotatable bonds is 2. The van der Waals surface area contributed by atoms with Gasteiger partial charge < -0.3 is 9.84 Å². The molecular weight excluding hydrogens is 206 g/mol. The first-order valence-corrected chi connectivity index (χ1v) is 6.25. The number of ether oxygens (including phenoxy) is 1. The smallest absolute Gasteiger partial charge is 0.334 e. The molecule has 1 saturated heterocycles. The fraction of sp³-hybridized carbons (Fsp3) is 0.917. The number of carbonyl (C=O) groups is 1. The van der Waals surface area contributed by atoms with Gasteiger partial charge in [0.2, 0.25) is 0 Å². The third-order valence-electron chi connectivity index (χ3n) is 3.80. The quantitative estimate of drug-likeness (QED) is 0.773. The van der Waals surface area contributed by atoms with Crippen molar-refractivity contribution in [2.45, 2.75) is 44.8 Å². The fourth-order valence-corrected chi connectivity index (χ4v) is 2.88. The first kappa shape index (κ1) is 11.9. The van der Waals surface area contributed by atoms with E-state index in [2.05, 4.69) is 11.8 Å². The molecule has 92 valence electrons. The maximum atomic E-state index is 10.9. The lowest BCUT2D eigenvalue weighted by atomic mass is 9.86. The van der Waals surface area contributed by atoms with Crippen molar-refractivity contribution in [1.82, 2.24) is 4.90 Å². The molecule has 16 heavy (non-hydrogen) atoms. The van der Waals surface area contributed by atoms with E-state index in [0.29, 0.717) is 19.2 Å². The number of morpholine rings is 1. The zero-order chi connectivity index (χ0) is 11.5. The molecule has 0 bridgehead atoms. The highest BCUT2D eigenvalue weighted by atomic mass is 16.5. The Bertz CT molecular complexity index is 257. The summed E-state index contributed by atoms with van der Waals surface area (Å²) in [6.45, 7) is 4.30. The van der Waals surface area contributed by atoms with E-state index in [4.69, 9.17) is 9.84 Å². The van der Waals surface area contributed by atoms with Gasteiger partial charge in [0.25, 0.3) is 0 Å². The highest BCUT2D eigenvalue weighted by molar-refractivity contribution is 5.72. The van der Waals surface area contributed by atoms with E-state index >= 15 is 0 Å². The Morgan fingerprint density at radius 3 is 2.94 bits per heavy atom. The summed E-state index contributed by atoms with van der Waals surface area (Å²) < 4.78 is 5.25. The van der Waals surface area contributed by atoms with Gasteiger partial charge in [-0.15, -0.1) is 0 Å². The molecule has 0 aromatic carbocycles. The van der Waals surface area contributed by atoms with E-state index in [1.807, 2.05) is 0 Å². The molecule has 0 spiro atoms. The Kier molecular flexibility index (Phi) is 3.82. The third kappa shape index (κ3) is 2.74. The van der Waals surface area contributed by atoms with E-state index < -0.39 is 12.1 Å². The van der Waals surface area contributed by atoms with E-state index in [1.54, 1.807) is 0 Å². The van der Waals surface area contributed by atoms with Crippen LogP contribution in [0.5, 0.6) is 0 Å². The monoisotopic (exact) mass is 227 g/mol. The Balaban J connectivity index is 1.90. The van der Waals surface area contributed by atoms with Crippen molar-refractivity contribution in [3.8, 4) is 0 Å². The normalized spacial score (nSPS) is 37.2. The molecule has 1 aliphatic carbocycles. The minimum atomic E-state index is -0.825. The Morgan fingerprint density at radius 2 is 2.25 bits per heavy atom. The summed E-state index contributed by atoms with van der Waals surface area (Å²) in [5.41, 5.74) is 0. The summed E-state index contributed by atoms with van der Waals surface area (Å²) in [6.07, 6.45) is 4.42. The summed E-state index contributed by atoms with van der Waals surface area (Å²) in [6, 6.07) is 0.578. The van der Waals surface area contributed by atoms with Crippen LogP contribution in [0.3, 0.4) is 0 Å². The molecule has 0 radical (unpaired) electrons. The number of aliphatic carboxylic acids is 1. The summed E-state index contributed by atoms with van der Waals surface area (Å²) in [7, 11) is 0. The van der Waals surface area contributed by atoms with E-state index in [-0.39, 0.29) is 0 Å². The summed E-state index contributed by atoms with van der Waals surface area (Å²) in [4.78, 5) is 13.2. The maximum absolute atomic E-state index is 10.9. The van der Waals surface area contributed by atoms with Gasteiger partial charge >= 0.3 is 5.97 Å². The average Bonchev–Trinajstić information content (AvgIpc) is 2.29. The molecule has 3 atom stereocenters. The summed E-state index contributed by atoms with van der Waals surface area (Å²) >= 11 is 0. The van der Waals surface area contributed by atoms with Gasteiger partial charge in [-0.3, -0.25) is 4.90 Å². The molecule has 0 aromatic heterocycles. The van der Waals surface area contributed by atoms with Crippen LogP contribution < -0.4 is 0 Å². The van der Waals surface area contributed by atoms with Crippen LogP contribution in [0.4, 0.5) is 0 Å². The topological polar surface area (TPSA) is 49.8 Å². The minimum absolute atomic E-state index is 0.557. The van der Waals surface area contributed by atoms with E-state index in [9.17, 15) is 4.79 Å². The maximum Gasteiger partial charge on any atom is 0.334 e. The molecule has 0 amide bonds. The van der Waals surface area contributed by atoms with Crippen molar-refractivity contribution in [2.24, 2.45) is 5.92 Å². The standard InChI is InChI=1S/C12H21NO3/c1-9-3-2-4-10(7-9)13-5-6-16-11(8-13)12(14)15/h9-11H,2-8H2,1H3,(H,14,15). The van der Waals surface area contributed by atoms with Crippen molar-refractivity contribution in [1.29, 1.82) is 0 Å². The molecule has 0 aromatic rings. The number of hydrogen-bond donors (Lipinski definition) is 1. The molecule has 2 rings (SSSR count). The SMILES string of the molecule is CC1CCCC(N2CCOC(C(=O)O)C2)C1. The molecule has 2 fully saturated rings. The van der Waals surface area contributed by atoms with Crippen molar-refractivity contribution < 1.29 is 14.6 Å². The predicted octanol–water partition coefficient (Wildman–Crippen LogP) is 1.35. The lowest BCUT2D eigenvalue weighted by molar-refractivity contribution is -0.157. The fourth-order valence-electron chi connectivity index (χ4n) is 2.88. The van der Waals surface area contributed by atoms with Gasteiger partial charge in [0.05, 0.1) is 6.61 Å². The highest BCUT2D eigenvalue weighted by Gasteiger charge is 2.32. The van der Waals surface area contributed by atoms with Gasteiger partial charge in [0.1, 0.15) is 0 Å². The highest BCUT2D eigenvalue weighted by Crippen LogP contribution is 2.28. The van der Waals surface area contributed by atoms with Crippen LogP contribution in [-0.2, 0) is 9.53 Å². The van der Waals surface area contributed by atoms with Crippen LogP contribution in [0.2, 0.25) is 0 Å². The Morgan fingerprint density at radius 1 is 1.44 bits per heavy atom. The lowest BCUT2D eigenvalue weighted by Crippen LogP contribution is -2.51. The zero-order valence-corrected chi connectivity index (χ0v) is 9.89. The van der Waals surface area contributed by atoms with Gasteiger partial charge in [0.15, 0.2) is 6.10 Å². The first-order valence-electron chi connectivity index (χ1n) is 6.25. The number of hydrogen-bond acceptors (Lipinski definition) is 3. The zero-order valence-electron chi connectivity index (χ0n) is 9.89. The van der Waals surface area contributed by atoms with Crippen LogP contribution in [0.25, 0.3) is 0 Å². The third-order valence-corrected chi connectivity index (χ3v) is 3.80. The van der Waals surface area contributed by atoms with E-state index in [0.717, 1.165) is 12.5 Å². The molecule has 1 heterocycles. The number of carboxylic acids is 1. The molecule has 1 saturated carbocycles. The molecule has 1 aliphatic heterocycles. The Labute approximate surface area is 96.6 Å². The minimum Gasteiger partial charge on any atom is -0.479 e. The van der Waals surface area contributed by atoms with E-state index in [1.165, 1.54) is 25.7 Å². The predicted molar refractivity (Wildman–Crippen MR) is 60.4 cm³/mol.